The van der Waals surface area contributed by atoms with Gasteiger partial charge in [0.05, 0.1) is 12.7 Å². The van der Waals surface area contributed by atoms with Gasteiger partial charge < -0.3 is 10.5 Å². The first kappa shape index (κ1) is 12.1. The lowest BCUT2D eigenvalue weighted by atomic mass is 10.0. The van der Waals surface area contributed by atoms with E-state index in [4.69, 9.17) is 10.5 Å². The van der Waals surface area contributed by atoms with Crippen LogP contribution < -0.4 is 10.5 Å². The quantitative estimate of drug-likeness (QED) is 0.838. The number of ketones is 1. The maximum atomic E-state index is 12.3. The van der Waals surface area contributed by atoms with Crippen molar-refractivity contribution in [2.45, 2.75) is 6.92 Å². The van der Waals surface area contributed by atoms with E-state index in [-0.39, 0.29) is 11.6 Å². The molecule has 0 aliphatic carbocycles. The van der Waals surface area contributed by atoms with Gasteiger partial charge in [-0.25, -0.2) is 4.98 Å². The molecule has 0 radical (unpaired) electrons. The Hall–Kier alpha value is -2.36. The predicted octanol–water partition coefficient (Wildman–Crippen LogP) is 2.21. The third kappa shape index (κ3) is 2.18. The van der Waals surface area contributed by atoms with Gasteiger partial charge in [-0.1, -0.05) is 0 Å². The highest BCUT2D eigenvalue weighted by molar-refractivity contribution is 6.11. The van der Waals surface area contributed by atoms with Gasteiger partial charge in [-0.2, -0.15) is 0 Å². The fourth-order valence-corrected chi connectivity index (χ4v) is 1.78. The van der Waals surface area contributed by atoms with Crippen molar-refractivity contribution in [3.63, 3.8) is 0 Å². The van der Waals surface area contributed by atoms with Crippen LogP contribution in [0.4, 0.5) is 5.82 Å². The predicted molar refractivity (Wildman–Crippen MR) is 69.8 cm³/mol. The molecule has 0 unspecified atom stereocenters. The fraction of sp³-hybridized carbons (Fsp3) is 0.143. The highest BCUT2D eigenvalue weighted by Gasteiger charge is 2.13. The summed E-state index contributed by atoms with van der Waals surface area (Å²) in [5.41, 5.74) is 7.60. The van der Waals surface area contributed by atoms with Crippen LogP contribution in [0.3, 0.4) is 0 Å². The summed E-state index contributed by atoms with van der Waals surface area (Å²) in [5, 5.41) is 0. The molecule has 4 heteroatoms. The zero-order valence-electron chi connectivity index (χ0n) is 10.3. The molecule has 0 saturated heterocycles. The van der Waals surface area contributed by atoms with E-state index in [9.17, 15) is 4.79 Å². The first-order valence-electron chi connectivity index (χ1n) is 5.53. The van der Waals surface area contributed by atoms with Crippen LogP contribution in [0.1, 0.15) is 21.5 Å². The maximum Gasteiger partial charge on any atom is 0.196 e. The molecule has 1 aromatic heterocycles. The summed E-state index contributed by atoms with van der Waals surface area (Å²) < 4.78 is 5.16. The number of carbonyl (C=O) groups excluding carboxylic acids is 1. The largest absolute Gasteiger partial charge is 0.496 e. The van der Waals surface area contributed by atoms with Crippen molar-refractivity contribution in [2.24, 2.45) is 0 Å². The van der Waals surface area contributed by atoms with Crippen molar-refractivity contribution in [3.8, 4) is 5.75 Å². The van der Waals surface area contributed by atoms with E-state index in [1.165, 1.54) is 0 Å². The van der Waals surface area contributed by atoms with E-state index in [1.807, 2.05) is 6.92 Å². The van der Waals surface area contributed by atoms with Crippen LogP contribution in [0, 0.1) is 6.92 Å². The number of nitrogens with zero attached hydrogens (tertiary/aromatic N) is 1. The molecule has 2 aromatic rings. The zero-order valence-corrected chi connectivity index (χ0v) is 10.3. The molecular formula is C14H14N2O2. The SMILES string of the molecule is COc1ccc(C(=O)c2cccnc2N)cc1C. The van der Waals surface area contributed by atoms with Crippen molar-refractivity contribution in [1.29, 1.82) is 0 Å². The topological polar surface area (TPSA) is 65.2 Å². The second-order valence-corrected chi connectivity index (χ2v) is 3.95. The number of rotatable bonds is 3. The number of anilines is 1. The molecule has 4 nitrogen and oxygen atoms in total. The number of nitrogen functional groups attached to an aromatic ring is 1. The molecule has 0 saturated carbocycles. The zero-order chi connectivity index (χ0) is 13.1. The molecule has 92 valence electrons. The number of methoxy groups -OCH3 is 1. The summed E-state index contributed by atoms with van der Waals surface area (Å²) >= 11 is 0. The number of aryl methyl sites for hydroxylation is 1. The van der Waals surface area contributed by atoms with E-state index in [1.54, 1.807) is 43.6 Å². The number of pyridine rings is 1. The second-order valence-electron chi connectivity index (χ2n) is 3.95. The van der Waals surface area contributed by atoms with Crippen LogP contribution in [0.15, 0.2) is 36.5 Å². The Labute approximate surface area is 105 Å². The first-order chi connectivity index (χ1) is 8.63. The number of aromatic nitrogens is 1. The highest BCUT2D eigenvalue weighted by atomic mass is 16.5. The van der Waals surface area contributed by atoms with Crippen molar-refractivity contribution >= 4 is 11.6 Å². The number of benzene rings is 1. The lowest BCUT2D eigenvalue weighted by Gasteiger charge is -2.07. The van der Waals surface area contributed by atoms with E-state index in [2.05, 4.69) is 4.98 Å². The molecule has 0 spiro atoms. The summed E-state index contributed by atoms with van der Waals surface area (Å²) in [5.74, 6) is 0.869. The van der Waals surface area contributed by atoms with Gasteiger partial charge in [0.1, 0.15) is 11.6 Å². The van der Waals surface area contributed by atoms with E-state index in [0.29, 0.717) is 11.1 Å². The smallest absolute Gasteiger partial charge is 0.196 e. The molecule has 1 heterocycles. The lowest BCUT2D eigenvalue weighted by molar-refractivity contribution is 0.103. The number of nitrogens with two attached hydrogens (primary N) is 1. The van der Waals surface area contributed by atoms with Gasteiger partial charge in [0, 0.05) is 11.8 Å². The number of hydrogen-bond donors (Lipinski definition) is 1. The third-order valence-corrected chi connectivity index (χ3v) is 2.74. The maximum absolute atomic E-state index is 12.3. The second kappa shape index (κ2) is 4.87. The highest BCUT2D eigenvalue weighted by Crippen LogP contribution is 2.21. The minimum atomic E-state index is -0.133. The Kier molecular flexibility index (Phi) is 3.28. The number of carbonyl (C=O) groups is 1. The molecule has 2 rings (SSSR count). The summed E-state index contributed by atoms with van der Waals surface area (Å²) in [6, 6.07) is 8.65. The third-order valence-electron chi connectivity index (χ3n) is 2.74. The Morgan fingerprint density at radius 2 is 2.11 bits per heavy atom. The number of hydrogen-bond acceptors (Lipinski definition) is 4. The summed E-state index contributed by atoms with van der Waals surface area (Å²) in [7, 11) is 1.60. The minimum Gasteiger partial charge on any atom is -0.496 e. The van der Waals surface area contributed by atoms with Gasteiger partial charge in [-0.05, 0) is 42.8 Å². The molecule has 18 heavy (non-hydrogen) atoms. The Balaban J connectivity index is 2.41. The van der Waals surface area contributed by atoms with Gasteiger partial charge in [0.2, 0.25) is 0 Å². The minimum absolute atomic E-state index is 0.133. The van der Waals surface area contributed by atoms with Gasteiger partial charge >= 0.3 is 0 Å². The van der Waals surface area contributed by atoms with Gasteiger partial charge in [0.25, 0.3) is 0 Å². The van der Waals surface area contributed by atoms with Crippen LogP contribution >= 0.6 is 0 Å². The Bertz CT molecular complexity index is 594. The van der Waals surface area contributed by atoms with Crippen LogP contribution in [-0.4, -0.2) is 17.9 Å². The first-order valence-corrected chi connectivity index (χ1v) is 5.53. The average Bonchev–Trinajstić information content (AvgIpc) is 2.38. The van der Waals surface area contributed by atoms with Crippen molar-refractivity contribution in [1.82, 2.24) is 4.98 Å². The van der Waals surface area contributed by atoms with Crippen molar-refractivity contribution in [2.75, 3.05) is 12.8 Å². The molecule has 0 atom stereocenters. The Morgan fingerprint density at radius 3 is 2.72 bits per heavy atom. The monoisotopic (exact) mass is 242 g/mol. The van der Waals surface area contributed by atoms with Gasteiger partial charge in [-0.3, -0.25) is 4.79 Å². The Morgan fingerprint density at radius 1 is 1.33 bits per heavy atom. The molecule has 0 aliphatic heterocycles. The van der Waals surface area contributed by atoms with E-state index >= 15 is 0 Å². The van der Waals surface area contributed by atoms with Crippen molar-refractivity contribution < 1.29 is 9.53 Å². The molecule has 1 aromatic carbocycles. The van der Waals surface area contributed by atoms with E-state index < -0.39 is 0 Å². The number of ether oxygens (including phenoxy) is 1. The van der Waals surface area contributed by atoms with Crippen LogP contribution in [-0.2, 0) is 0 Å². The summed E-state index contributed by atoms with van der Waals surface area (Å²) in [6.07, 6.45) is 1.56. The van der Waals surface area contributed by atoms with Gasteiger partial charge in [0.15, 0.2) is 5.78 Å². The van der Waals surface area contributed by atoms with E-state index in [0.717, 1.165) is 11.3 Å². The average molecular weight is 242 g/mol. The summed E-state index contributed by atoms with van der Waals surface area (Å²) in [6.45, 7) is 1.89. The standard InChI is InChI=1S/C14H14N2O2/c1-9-8-10(5-6-12(9)18-2)13(17)11-4-3-7-16-14(11)15/h3-8H,1-2H3,(H2,15,16). The van der Waals surface area contributed by atoms with Crippen LogP contribution in [0.25, 0.3) is 0 Å². The lowest BCUT2D eigenvalue weighted by Crippen LogP contribution is -2.07. The molecule has 0 fully saturated rings. The molecule has 0 bridgehead atoms. The molecule has 0 amide bonds. The molecule has 0 aliphatic rings. The normalized spacial score (nSPS) is 10.1. The van der Waals surface area contributed by atoms with Crippen LogP contribution in [0.5, 0.6) is 5.75 Å². The molecule has 2 N–H and O–H groups in total. The summed E-state index contributed by atoms with van der Waals surface area (Å²) in [4.78, 5) is 16.2. The van der Waals surface area contributed by atoms with Crippen LogP contribution in [0.2, 0.25) is 0 Å². The fourth-order valence-electron chi connectivity index (χ4n) is 1.78. The van der Waals surface area contributed by atoms with Crippen molar-refractivity contribution in [3.05, 3.63) is 53.2 Å². The van der Waals surface area contributed by atoms with Gasteiger partial charge in [-0.15, -0.1) is 0 Å². The molecular weight excluding hydrogens is 228 g/mol.